The molecule has 0 aliphatic heterocycles. The quantitative estimate of drug-likeness (QED) is 0.306. The Balaban J connectivity index is 2.01. The third kappa shape index (κ3) is 4.26. The molecule has 4 aromatic rings. The highest BCUT2D eigenvalue weighted by molar-refractivity contribution is 6.07. The average Bonchev–Trinajstić information content (AvgIpc) is 2.81. The Hall–Kier alpha value is -3.36. The zero-order valence-electron chi connectivity index (χ0n) is 17.5. The summed E-state index contributed by atoms with van der Waals surface area (Å²) in [5.41, 5.74) is 0.637. The number of alkyl halides is 6. The van der Waals surface area contributed by atoms with E-state index in [9.17, 15) is 36.6 Å². The number of halogens is 6. The maximum absolute atomic E-state index is 13.0. The molecule has 176 valence electrons. The molecule has 0 saturated heterocycles. The zero-order valence-corrected chi connectivity index (χ0v) is 17.5. The maximum Gasteiger partial charge on any atom is 0.416 e. The fourth-order valence-electron chi connectivity index (χ4n) is 4.21. The van der Waals surface area contributed by atoms with Gasteiger partial charge in [-0.05, 0) is 68.4 Å². The minimum absolute atomic E-state index is 0.288. The van der Waals surface area contributed by atoms with Gasteiger partial charge in [0.1, 0.15) is 0 Å². The molecule has 0 fully saturated rings. The predicted molar refractivity (Wildman–Crippen MR) is 117 cm³/mol. The first-order valence-electron chi connectivity index (χ1n) is 10.2. The van der Waals surface area contributed by atoms with Crippen LogP contribution in [0.3, 0.4) is 0 Å². The van der Waals surface area contributed by atoms with Crippen LogP contribution in [-0.4, -0.2) is 10.2 Å². The number of benzene rings is 4. The SMILES string of the molecule is OCc1c(CO)c(-c2ccc(C(F)(F)F)cc2)c2ccccc2c1-c1ccc(C(F)(F)F)cc1. The molecule has 34 heavy (non-hydrogen) atoms. The Kier molecular flexibility index (Phi) is 6.14. The molecule has 4 aromatic carbocycles. The number of hydrogen-bond acceptors (Lipinski definition) is 2. The molecule has 0 atom stereocenters. The molecule has 0 spiro atoms. The highest BCUT2D eigenvalue weighted by atomic mass is 19.4. The van der Waals surface area contributed by atoms with Gasteiger partial charge in [0.2, 0.25) is 0 Å². The Labute approximate surface area is 190 Å². The molecule has 0 radical (unpaired) electrons. The van der Waals surface area contributed by atoms with Crippen LogP contribution >= 0.6 is 0 Å². The van der Waals surface area contributed by atoms with E-state index in [1.165, 1.54) is 24.3 Å². The molecule has 0 heterocycles. The van der Waals surface area contributed by atoms with Crippen LogP contribution in [0.2, 0.25) is 0 Å². The Bertz CT molecular complexity index is 1220. The first-order valence-corrected chi connectivity index (χ1v) is 10.2. The van der Waals surface area contributed by atoms with Crippen molar-refractivity contribution in [2.75, 3.05) is 0 Å². The van der Waals surface area contributed by atoms with Crippen molar-refractivity contribution >= 4 is 10.8 Å². The zero-order chi connectivity index (χ0) is 24.7. The first-order chi connectivity index (χ1) is 16.1. The standard InChI is InChI=1S/C26H18F6O2/c27-25(28,29)17-9-5-15(6-10-17)23-19-3-1-2-4-20(19)24(22(14-34)21(23)13-33)16-7-11-18(12-8-16)26(30,31)32/h1-12,33-34H,13-14H2. The van der Waals surface area contributed by atoms with Crippen molar-refractivity contribution in [3.8, 4) is 22.3 Å². The summed E-state index contributed by atoms with van der Waals surface area (Å²) in [6.07, 6.45) is -9.02. The van der Waals surface area contributed by atoms with Gasteiger partial charge in [-0.25, -0.2) is 0 Å². The van der Waals surface area contributed by atoms with Gasteiger partial charge in [0, 0.05) is 0 Å². The van der Waals surface area contributed by atoms with E-state index in [4.69, 9.17) is 0 Å². The molecule has 0 unspecified atom stereocenters. The van der Waals surface area contributed by atoms with Crippen molar-refractivity contribution in [2.45, 2.75) is 25.6 Å². The largest absolute Gasteiger partial charge is 0.416 e. The molecular formula is C26H18F6O2. The highest BCUT2D eigenvalue weighted by Gasteiger charge is 2.31. The topological polar surface area (TPSA) is 40.5 Å². The summed E-state index contributed by atoms with van der Waals surface area (Å²) in [5.74, 6) is 0. The maximum atomic E-state index is 13.0. The van der Waals surface area contributed by atoms with Crippen molar-refractivity contribution < 1.29 is 36.6 Å². The lowest BCUT2D eigenvalue weighted by Gasteiger charge is -2.22. The van der Waals surface area contributed by atoms with Crippen LogP contribution < -0.4 is 0 Å². The van der Waals surface area contributed by atoms with Crippen molar-refractivity contribution in [1.82, 2.24) is 0 Å². The summed E-state index contributed by atoms with van der Waals surface area (Å²) < 4.78 is 78.2. The highest BCUT2D eigenvalue weighted by Crippen LogP contribution is 2.43. The lowest BCUT2D eigenvalue weighted by molar-refractivity contribution is -0.138. The van der Waals surface area contributed by atoms with Gasteiger partial charge in [0.05, 0.1) is 24.3 Å². The predicted octanol–water partition coefficient (Wildman–Crippen LogP) is 7.20. The molecule has 0 bridgehead atoms. The van der Waals surface area contributed by atoms with E-state index in [-0.39, 0.29) is 11.1 Å². The second kappa shape index (κ2) is 8.77. The van der Waals surface area contributed by atoms with Gasteiger partial charge in [0.25, 0.3) is 0 Å². The molecule has 8 heteroatoms. The van der Waals surface area contributed by atoms with Gasteiger partial charge in [-0.2, -0.15) is 26.3 Å². The molecular weight excluding hydrogens is 458 g/mol. The van der Waals surface area contributed by atoms with Gasteiger partial charge >= 0.3 is 12.4 Å². The van der Waals surface area contributed by atoms with Crippen molar-refractivity contribution in [1.29, 1.82) is 0 Å². The Morgan fingerprint density at radius 3 is 1.09 bits per heavy atom. The molecule has 0 aliphatic rings. The lowest BCUT2D eigenvalue weighted by Crippen LogP contribution is -2.06. The van der Waals surface area contributed by atoms with Crippen LogP contribution in [0.5, 0.6) is 0 Å². The molecule has 4 rings (SSSR count). The first kappa shape index (κ1) is 23.8. The number of fused-ring (bicyclic) bond motifs is 1. The van der Waals surface area contributed by atoms with Crippen molar-refractivity contribution in [2.24, 2.45) is 0 Å². The smallest absolute Gasteiger partial charge is 0.392 e. The Morgan fingerprint density at radius 1 is 0.500 bits per heavy atom. The van der Waals surface area contributed by atoms with E-state index >= 15 is 0 Å². The third-order valence-corrected chi connectivity index (χ3v) is 5.75. The van der Waals surface area contributed by atoms with Gasteiger partial charge in [-0.1, -0.05) is 48.5 Å². The van der Waals surface area contributed by atoms with E-state index in [1.54, 1.807) is 24.3 Å². The summed E-state index contributed by atoms with van der Waals surface area (Å²) >= 11 is 0. The number of aliphatic hydroxyl groups excluding tert-OH is 2. The molecule has 2 nitrogen and oxygen atoms in total. The van der Waals surface area contributed by atoms with E-state index in [0.717, 1.165) is 24.3 Å². The van der Waals surface area contributed by atoms with Gasteiger partial charge < -0.3 is 10.2 Å². The fraction of sp³-hybridized carbons (Fsp3) is 0.154. The number of aliphatic hydroxyl groups is 2. The van der Waals surface area contributed by atoms with Gasteiger partial charge in [-0.3, -0.25) is 0 Å². The van der Waals surface area contributed by atoms with Crippen LogP contribution in [0.25, 0.3) is 33.0 Å². The van der Waals surface area contributed by atoms with Gasteiger partial charge in [0.15, 0.2) is 0 Å². The van der Waals surface area contributed by atoms with E-state index in [1.807, 2.05) is 0 Å². The summed E-state index contributed by atoms with van der Waals surface area (Å²) in [6.45, 7) is -1.07. The summed E-state index contributed by atoms with van der Waals surface area (Å²) in [5, 5.41) is 21.6. The van der Waals surface area contributed by atoms with Crippen LogP contribution in [-0.2, 0) is 25.6 Å². The minimum atomic E-state index is -4.51. The van der Waals surface area contributed by atoms with Crippen LogP contribution in [0, 0.1) is 0 Å². The lowest BCUT2D eigenvalue weighted by atomic mass is 9.83. The molecule has 0 aromatic heterocycles. The molecule has 0 amide bonds. The summed E-state index contributed by atoms with van der Waals surface area (Å²) in [6, 6.07) is 15.8. The number of hydrogen-bond donors (Lipinski definition) is 2. The molecule has 2 N–H and O–H groups in total. The van der Waals surface area contributed by atoms with Gasteiger partial charge in [-0.15, -0.1) is 0 Å². The molecule has 0 saturated carbocycles. The monoisotopic (exact) mass is 476 g/mol. The van der Waals surface area contributed by atoms with E-state index in [2.05, 4.69) is 0 Å². The van der Waals surface area contributed by atoms with Crippen molar-refractivity contribution in [3.05, 3.63) is 95.1 Å². The average molecular weight is 476 g/mol. The second-order valence-corrected chi connectivity index (χ2v) is 7.72. The van der Waals surface area contributed by atoms with Crippen LogP contribution in [0.4, 0.5) is 26.3 Å². The normalized spacial score (nSPS) is 12.4. The van der Waals surface area contributed by atoms with Crippen molar-refractivity contribution in [3.63, 3.8) is 0 Å². The number of rotatable bonds is 4. The Morgan fingerprint density at radius 2 is 0.824 bits per heavy atom. The summed E-state index contributed by atoms with van der Waals surface area (Å²) in [7, 11) is 0. The third-order valence-electron chi connectivity index (χ3n) is 5.75. The van der Waals surface area contributed by atoms with E-state index in [0.29, 0.717) is 33.0 Å². The van der Waals surface area contributed by atoms with Crippen LogP contribution in [0.1, 0.15) is 22.3 Å². The minimum Gasteiger partial charge on any atom is -0.392 e. The second-order valence-electron chi connectivity index (χ2n) is 7.72. The van der Waals surface area contributed by atoms with E-state index < -0.39 is 36.7 Å². The molecule has 0 aliphatic carbocycles. The fourth-order valence-corrected chi connectivity index (χ4v) is 4.21. The summed E-state index contributed by atoms with van der Waals surface area (Å²) in [4.78, 5) is 0. The van der Waals surface area contributed by atoms with Crippen LogP contribution in [0.15, 0.2) is 72.8 Å².